The molecule has 0 heterocycles. The molecule has 2 N–H and O–H groups in total. The van der Waals surface area contributed by atoms with Crippen LogP contribution in [0.15, 0.2) is 0 Å². The van der Waals surface area contributed by atoms with Gasteiger partial charge in [-0.1, -0.05) is 6.92 Å². The summed E-state index contributed by atoms with van der Waals surface area (Å²) in [5, 5.41) is 17.9. The van der Waals surface area contributed by atoms with Crippen LogP contribution in [0.3, 0.4) is 0 Å². The van der Waals surface area contributed by atoms with Gasteiger partial charge in [0.1, 0.15) is 0 Å². The normalized spacial score (nSPS) is 14.2. The van der Waals surface area contributed by atoms with Gasteiger partial charge in [0.05, 0.1) is 24.7 Å². The van der Waals surface area contributed by atoms with Gasteiger partial charge in [0.2, 0.25) is 0 Å². The molecule has 0 aromatic rings. The van der Waals surface area contributed by atoms with Crippen LogP contribution in [0.25, 0.3) is 0 Å². The van der Waals surface area contributed by atoms with Gasteiger partial charge in [-0.25, -0.2) is 0 Å². The van der Waals surface area contributed by atoms with Crippen LogP contribution in [0, 0.1) is 5.92 Å². The lowest BCUT2D eigenvalue weighted by atomic mass is 10.1. The number of ether oxygens (including phenoxy) is 1. The zero-order valence-electron chi connectivity index (χ0n) is 8.41. The second kappa shape index (κ2) is 5.19. The van der Waals surface area contributed by atoms with Crippen LogP contribution in [0.5, 0.6) is 0 Å². The van der Waals surface area contributed by atoms with E-state index in [0.717, 1.165) is 0 Å². The van der Waals surface area contributed by atoms with E-state index >= 15 is 0 Å². The molecule has 0 aromatic heterocycles. The predicted molar refractivity (Wildman–Crippen MR) is 48.5 cm³/mol. The number of carbonyl (C=O) groups is 1. The minimum atomic E-state index is -0.892. The Morgan fingerprint density at radius 1 is 1.54 bits per heavy atom. The Morgan fingerprint density at radius 3 is 2.38 bits per heavy atom. The summed E-state index contributed by atoms with van der Waals surface area (Å²) in [5.74, 6) is -1.32. The highest BCUT2D eigenvalue weighted by Gasteiger charge is 2.18. The highest BCUT2D eigenvalue weighted by molar-refractivity contribution is 5.69. The van der Waals surface area contributed by atoms with Crippen LogP contribution in [0.2, 0.25) is 0 Å². The fourth-order valence-electron chi connectivity index (χ4n) is 0.815. The highest BCUT2D eigenvalue weighted by Crippen LogP contribution is 2.06. The molecule has 0 saturated carbocycles. The quantitative estimate of drug-likeness (QED) is 0.652. The average molecular weight is 190 g/mol. The SMILES string of the molecule is CC[C@@H](COCC(C)(C)O)C(=O)O. The maximum absolute atomic E-state index is 10.5. The van der Waals surface area contributed by atoms with Gasteiger partial charge in [-0.3, -0.25) is 4.79 Å². The van der Waals surface area contributed by atoms with E-state index in [1.807, 2.05) is 0 Å². The zero-order chi connectivity index (χ0) is 10.5. The standard InChI is InChI=1S/C9H18O4/c1-4-7(8(10)11)5-13-6-9(2,3)12/h7,12H,4-6H2,1-3H3,(H,10,11)/t7-/m0/s1. The molecule has 0 spiro atoms. The van der Waals surface area contributed by atoms with Crippen molar-refractivity contribution >= 4 is 5.97 Å². The minimum Gasteiger partial charge on any atom is -0.481 e. The number of hydrogen-bond acceptors (Lipinski definition) is 3. The molecule has 0 aliphatic rings. The lowest BCUT2D eigenvalue weighted by Crippen LogP contribution is -2.29. The predicted octanol–water partition coefficient (Wildman–Crippen LogP) is 0.885. The van der Waals surface area contributed by atoms with Crippen molar-refractivity contribution in [1.29, 1.82) is 0 Å². The largest absolute Gasteiger partial charge is 0.481 e. The molecule has 0 unspecified atom stereocenters. The molecule has 0 aromatic carbocycles. The molecule has 4 nitrogen and oxygen atoms in total. The molecular weight excluding hydrogens is 172 g/mol. The Bertz CT molecular complexity index is 159. The first-order valence-electron chi connectivity index (χ1n) is 4.39. The summed E-state index contributed by atoms with van der Waals surface area (Å²) in [6.45, 7) is 5.36. The third kappa shape index (κ3) is 6.54. The molecule has 0 aliphatic carbocycles. The molecule has 0 amide bonds. The van der Waals surface area contributed by atoms with Crippen molar-refractivity contribution in [2.24, 2.45) is 5.92 Å². The van der Waals surface area contributed by atoms with Crippen molar-refractivity contribution in [2.45, 2.75) is 32.8 Å². The zero-order valence-corrected chi connectivity index (χ0v) is 8.41. The Balaban J connectivity index is 3.68. The van der Waals surface area contributed by atoms with Gasteiger partial charge in [-0.05, 0) is 20.3 Å². The Labute approximate surface area is 78.5 Å². The maximum Gasteiger partial charge on any atom is 0.308 e. The Kier molecular flexibility index (Phi) is 4.95. The van der Waals surface area contributed by atoms with Gasteiger partial charge in [0, 0.05) is 0 Å². The summed E-state index contributed by atoms with van der Waals surface area (Å²) in [5.41, 5.74) is -0.892. The second-order valence-corrected chi connectivity index (χ2v) is 3.77. The summed E-state index contributed by atoms with van der Waals surface area (Å²) in [7, 11) is 0. The average Bonchev–Trinajstić information content (AvgIpc) is 1.95. The summed E-state index contributed by atoms with van der Waals surface area (Å²) >= 11 is 0. The Morgan fingerprint density at radius 2 is 2.08 bits per heavy atom. The van der Waals surface area contributed by atoms with Crippen LogP contribution in [0.1, 0.15) is 27.2 Å². The summed E-state index contributed by atoms with van der Waals surface area (Å²) in [4.78, 5) is 10.5. The van der Waals surface area contributed by atoms with Crippen molar-refractivity contribution in [1.82, 2.24) is 0 Å². The topological polar surface area (TPSA) is 66.8 Å². The van der Waals surface area contributed by atoms with Crippen LogP contribution in [-0.4, -0.2) is 35.0 Å². The van der Waals surface area contributed by atoms with Crippen LogP contribution < -0.4 is 0 Å². The molecule has 0 aliphatic heterocycles. The fraction of sp³-hybridized carbons (Fsp3) is 0.889. The summed E-state index contributed by atoms with van der Waals surface area (Å²) in [6, 6.07) is 0. The van der Waals surface area contributed by atoms with E-state index in [4.69, 9.17) is 9.84 Å². The number of aliphatic carboxylic acids is 1. The fourth-order valence-corrected chi connectivity index (χ4v) is 0.815. The lowest BCUT2D eigenvalue weighted by molar-refractivity contribution is -0.145. The van der Waals surface area contributed by atoms with Gasteiger partial charge >= 0.3 is 5.97 Å². The van der Waals surface area contributed by atoms with E-state index in [1.165, 1.54) is 0 Å². The molecule has 1 atom stereocenters. The molecule has 0 rings (SSSR count). The van der Waals surface area contributed by atoms with Gasteiger partial charge in [0.15, 0.2) is 0 Å². The highest BCUT2D eigenvalue weighted by atomic mass is 16.5. The number of carboxylic acid groups (broad SMARTS) is 1. The summed E-state index contributed by atoms with van der Waals surface area (Å²) < 4.78 is 5.08. The van der Waals surface area contributed by atoms with E-state index in [1.54, 1.807) is 20.8 Å². The number of rotatable bonds is 6. The minimum absolute atomic E-state index is 0.163. The van der Waals surface area contributed by atoms with E-state index < -0.39 is 17.5 Å². The van der Waals surface area contributed by atoms with Gasteiger partial charge in [0.25, 0.3) is 0 Å². The molecule has 4 heteroatoms. The van der Waals surface area contributed by atoms with Crippen molar-refractivity contribution in [3.05, 3.63) is 0 Å². The molecule has 78 valence electrons. The first kappa shape index (κ1) is 12.4. The van der Waals surface area contributed by atoms with E-state index in [0.29, 0.717) is 6.42 Å². The van der Waals surface area contributed by atoms with Crippen molar-refractivity contribution in [2.75, 3.05) is 13.2 Å². The molecular formula is C9H18O4. The molecule has 13 heavy (non-hydrogen) atoms. The van der Waals surface area contributed by atoms with E-state index in [-0.39, 0.29) is 13.2 Å². The monoisotopic (exact) mass is 190 g/mol. The lowest BCUT2D eigenvalue weighted by Gasteiger charge is -2.18. The van der Waals surface area contributed by atoms with Crippen molar-refractivity contribution in [3.8, 4) is 0 Å². The molecule has 0 saturated heterocycles. The summed E-state index contributed by atoms with van der Waals surface area (Å²) in [6.07, 6.45) is 0.543. The Hall–Kier alpha value is -0.610. The van der Waals surface area contributed by atoms with Crippen molar-refractivity contribution in [3.63, 3.8) is 0 Å². The third-order valence-corrected chi connectivity index (χ3v) is 1.62. The van der Waals surface area contributed by atoms with Gasteiger partial charge in [-0.15, -0.1) is 0 Å². The molecule has 0 radical (unpaired) electrons. The molecule has 0 bridgehead atoms. The van der Waals surface area contributed by atoms with Crippen molar-refractivity contribution < 1.29 is 19.7 Å². The number of aliphatic hydroxyl groups is 1. The van der Waals surface area contributed by atoms with E-state index in [9.17, 15) is 9.90 Å². The molecule has 0 fully saturated rings. The smallest absolute Gasteiger partial charge is 0.308 e. The second-order valence-electron chi connectivity index (χ2n) is 3.77. The van der Waals surface area contributed by atoms with Gasteiger partial charge in [-0.2, -0.15) is 0 Å². The van der Waals surface area contributed by atoms with Crippen LogP contribution >= 0.6 is 0 Å². The van der Waals surface area contributed by atoms with E-state index in [2.05, 4.69) is 0 Å². The maximum atomic E-state index is 10.5. The first-order chi connectivity index (χ1) is 5.87. The third-order valence-electron chi connectivity index (χ3n) is 1.62. The first-order valence-corrected chi connectivity index (χ1v) is 4.39. The number of hydrogen-bond donors (Lipinski definition) is 2. The van der Waals surface area contributed by atoms with Gasteiger partial charge < -0.3 is 14.9 Å². The number of carboxylic acids is 1. The van der Waals surface area contributed by atoms with Crippen LogP contribution in [-0.2, 0) is 9.53 Å². The van der Waals surface area contributed by atoms with Crippen LogP contribution in [0.4, 0.5) is 0 Å².